The van der Waals surface area contributed by atoms with Crippen molar-refractivity contribution in [2.45, 2.75) is 79.9 Å². The second-order valence-corrected chi connectivity index (χ2v) is 12.4. The monoisotopic (exact) mass is 636 g/mol. The summed E-state index contributed by atoms with van der Waals surface area (Å²) < 4.78 is 13.4. The van der Waals surface area contributed by atoms with Crippen molar-refractivity contribution in [3.05, 3.63) is 47.5 Å². The van der Waals surface area contributed by atoms with Gasteiger partial charge in [-0.2, -0.15) is 0 Å². The molecular weight excluding hydrogens is 596 g/mol. The number of aliphatic hydroxyl groups is 8. The summed E-state index contributed by atoms with van der Waals surface area (Å²) in [5.41, 5.74) is 3.24. The van der Waals surface area contributed by atoms with E-state index in [-0.39, 0.29) is 6.04 Å². The molecule has 0 amide bonds. The first-order valence-corrected chi connectivity index (χ1v) is 15.5. The number of nitrogens with zero attached hydrogens (tertiary/aromatic N) is 2. The predicted molar refractivity (Wildman–Crippen MR) is 167 cm³/mol. The third kappa shape index (κ3) is 6.16. The van der Waals surface area contributed by atoms with Crippen LogP contribution in [0.1, 0.15) is 30.0 Å². The molecule has 8 N–H and O–H groups in total. The highest BCUT2D eigenvalue weighted by Crippen LogP contribution is 2.36. The lowest BCUT2D eigenvalue weighted by Gasteiger charge is -2.37. The van der Waals surface area contributed by atoms with Crippen LogP contribution >= 0.6 is 0 Å². The molecule has 0 aliphatic carbocycles. The van der Waals surface area contributed by atoms with E-state index in [4.69, 9.17) is 9.47 Å². The van der Waals surface area contributed by atoms with Gasteiger partial charge in [-0.3, -0.25) is 0 Å². The van der Waals surface area contributed by atoms with Crippen molar-refractivity contribution in [1.82, 2.24) is 9.47 Å². The summed E-state index contributed by atoms with van der Waals surface area (Å²) in [5.74, 6) is 11.8. The Bertz CT molecular complexity index is 1560. The number of piperidine rings is 1. The van der Waals surface area contributed by atoms with Crippen LogP contribution in [0.25, 0.3) is 21.8 Å². The van der Waals surface area contributed by atoms with Crippen LogP contribution in [0.4, 0.5) is 0 Å². The Morgan fingerprint density at radius 1 is 0.652 bits per heavy atom. The maximum Gasteiger partial charge on any atom is 0.147 e. The van der Waals surface area contributed by atoms with Crippen molar-refractivity contribution < 1.29 is 50.3 Å². The molecule has 0 saturated carbocycles. The summed E-state index contributed by atoms with van der Waals surface area (Å²) in [6.07, 6.45) is -11.2. The molecule has 46 heavy (non-hydrogen) atoms. The minimum Gasteiger partial charge on any atom is -0.394 e. The summed E-state index contributed by atoms with van der Waals surface area (Å²) in [5, 5.41) is 82.4. The molecule has 3 fully saturated rings. The molecule has 1 aromatic heterocycles. The number of benzene rings is 2. The van der Waals surface area contributed by atoms with Gasteiger partial charge in [0.15, 0.2) is 0 Å². The van der Waals surface area contributed by atoms with E-state index in [9.17, 15) is 40.9 Å². The van der Waals surface area contributed by atoms with Gasteiger partial charge in [0, 0.05) is 27.9 Å². The quantitative estimate of drug-likeness (QED) is 0.156. The highest BCUT2D eigenvalue weighted by atomic mass is 16.5. The van der Waals surface area contributed by atoms with Gasteiger partial charge in [-0.15, -0.1) is 0 Å². The van der Waals surface area contributed by atoms with Gasteiger partial charge in [-0.1, -0.05) is 35.8 Å². The van der Waals surface area contributed by atoms with E-state index < -0.39 is 74.3 Å². The lowest BCUT2D eigenvalue weighted by molar-refractivity contribution is -0.214. The van der Waals surface area contributed by atoms with Crippen LogP contribution in [0, 0.1) is 23.7 Å². The summed E-state index contributed by atoms with van der Waals surface area (Å²) >= 11 is 0. The van der Waals surface area contributed by atoms with Crippen molar-refractivity contribution >= 4 is 21.8 Å². The normalized spacial score (nSPS) is 34.2. The van der Waals surface area contributed by atoms with E-state index in [1.165, 1.54) is 0 Å². The molecule has 4 heterocycles. The first-order chi connectivity index (χ1) is 22.1. The van der Waals surface area contributed by atoms with Gasteiger partial charge in [0.2, 0.25) is 0 Å². The summed E-state index contributed by atoms with van der Waals surface area (Å²) in [4.78, 5) is 2.29. The summed E-state index contributed by atoms with van der Waals surface area (Å²) in [6, 6.07) is 11.8. The van der Waals surface area contributed by atoms with Crippen LogP contribution in [-0.4, -0.2) is 145 Å². The fraction of sp³-hybridized carbons (Fsp3) is 0.529. The van der Waals surface area contributed by atoms with Crippen LogP contribution in [0.15, 0.2) is 36.4 Å². The van der Waals surface area contributed by atoms with Gasteiger partial charge in [-0.25, -0.2) is 0 Å². The van der Waals surface area contributed by atoms with E-state index in [0.29, 0.717) is 11.1 Å². The Balaban J connectivity index is 1.37. The Morgan fingerprint density at radius 2 is 1.09 bits per heavy atom. The number of hydrogen-bond acceptors (Lipinski definition) is 11. The van der Waals surface area contributed by atoms with Gasteiger partial charge >= 0.3 is 0 Å². The first kappa shape index (κ1) is 32.8. The van der Waals surface area contributed by atoms with Crippen molar-refractivity contribution in [3.63, 3.8) is 0 Å². The minimum absolute atomic E-state index is 0.193. The second kappa shape index (κ2) is 13.6. The SMILES string of the molecule is CN1CCC(n2c3cc(C#C[C@H]4O[C@H](CO)[C@@H](O)[C@H](O)[C@@H]4O)ccc3c3ccc(C#C[C@H]4O[C@H](CO)[C@@H](O)[C@H](O)[C@@H]4O)cc32)CC1. The van der Waals surface area contributed by atoms with E-state index in [2.05, 4.69) is 40.2 Å². The molecule has 0 spiro atoms. The number of likely N-dealkylation sites (tertiary alicyclic amines) is 1. The Kier molecular flexibility index (Phi) is 9.69. The molecule has 2 aromatic carbocycles. The molecule has 12 heteroatoms. The lowest BCUT2D eigenvalue weighted by atomic mass is 9.95. The minimum atomic E-state index is -1.50. The third-order valence-electron chi connectivity index (χ3n) is 9.36. The maximum absolute atomic E-state index is 10.4. The molecule has 246 valence electrons. The highest BCUT2D eigenvalue weighted by Gasteiger charge is 2.43. The Morgan fingerprint density at radius 3 is 1.50 bits per heavy atom. The molecule has 12 nitrogen and oxygen atoms in total. The number of aliphatic hydroxyl groups excluding tert-OH is 8. The molecule has 0 unspecified atom stereocenters. The molecule has 3 aliphatic heterocycles. The standard InChI is InChI=1S/C34H40N2O10/c1-35-12-10-20(11-13-35)36-23-14-18(4-8-25-29(39)33(43)31(41)27(16-37)45-25)2-6-21(23)22-7-3-19(15-24(22)36)5-9-26-30(40)34(44)32(42)28(17-38)46-26/h2-3,6-7,14-15,20,25-34,37-44H,10-13,16-17H2,1H3/t25-,26-,27-,28-,29-,30-,31-,32-,33-,34-/m1/s1. The fourth-order valence-corrected chi connectivity index (χ4v) is 6.60. The van der Waals surface area contributed by atoms with Gasteiger partial charge in [0.05, 0.1) is 24.2 Å². The van der Waals surface area contributed by atoms with Crippen molar-refractivity contribution in [3.8, 4) is 23.7 Å². The van der Waals surface area contributed by atoms with Gasteiger partial charge < -0.3 is 59.8 Å². The van der Waals surface area contributed by atoms with Crippen LogP contribution in [0.2, 0.25) is 0 Å². The Labute approximate surface area is 266 Å². The van der Waals surface area contributed by atoms with E-state index in [0.717, 1.165) is 47.7 Å². The number of aromatic nitrogens is 1. The van der Waals surface area contributed by atoms with Crippen LogP contribution in [-0.2, 0) is 9.47 Å². The van der Waals surface area contributed by atoms with Crippen molar-refractivity contribution in [1.29, 1.82) is 0 Å². The van der Waals surface area contributed by atoms with Gasteiger partial charge in [0.25, 0.3) is 0 Å². The number of rotatable bonds is 3. The zero-order valence-electron chi connectivity index (χ0n) is 25.3. The average molecular weight is 637 g/mol. The highest BCUT2D eigenvalue weighted by molar-refractivity contribution is 6.08. The molecule has 0 bridgehead atoms. The first-order valence-electron chi connectivity index (χ1n) is 15.5. The predicted octanol–water partition coefficient (Wildman–Crippen LogP) is -1.55. The number of fused-ring (bicyclic) bond motifs is 3. The smallest absolute Gasteiger partial charge is 0.147 e. The molecule has 3 aromatic rings. The Hall–Kier alpha value is -3.08. The van der Waals surface area contributed by atoms with Crippen molar-refractivity contribution in [2.24, 2.45) is 0 Å². The van der Waals surface area contributed by atoms with E-state index >= 15 is 0 Å². The zero-order valence-corrected chi connectivity index (χ0v) is 25.3. The molecular formula is C34H40N2O10. The van der Waals surface area contributed by atoms with Crippen LogP contribution < -0.4 is 0 Å². The summed E-state index contributed by atoms with van der Waals surface area (Å²) in [7, 11) is 2.10. The zero-order chi connectivity index (χ0) is 32.7. The average Bonchev–Trinajstić information content (AvgIpc) is 3.38. The second-order valence-electron chi connectivity index (χ2n) is 12.4. The topological polar surface area (TPSA) is 188 Å². The molecule has 6 rings (SSSR count). The molecule has 10 atom stereocenters. The van der Waals surface area contributed by atoms with Crippen LogP contribution in [0.3, 0.4) is 0 Å². The van der Waals surface area contributed by atoms with Gasteiger partial charge in [0.1, 0.15) is 61.0 Å². The third-order valence-corrected chi connectivity index (χ3v) is 9.36. The maximum atomic E-state index is 10.4. The molecule has 0 radical (unpaired) electrons. The molecule has 3 saturated heterocycles. The number of ether oxygens (including phenoxy) is 2. The number of hydrogen-bond donors (Lipinski definition) is 8. The molecule has 3 aliphatic rings. The van der Waals surface area contributed by atoms with Gasteiger partial charge in [-0.05, 0) is 57.2 Å². The summed E-state index contributed by atoms with van der Waals surface area (Å²) in [6.45, 7) is 0.805. The van der Waals surface area contributed by atoms with E-state index in [1.807, 2.05) is 36.4 Å². The van der Waals surface area contributed by atoms with Crippen molar-refractivity contribution in [2.75, 3.05) is 33.4 Å². The van der Waals surface area contributed by atoms with E-state index in [1.54, 1.807) is 0 Å². The fourth-order valence-electron chi connectivity index (χ4n) is 6.60. The lowest BCUT2D eigenvalue weighted by Crippen LogP contribution is -2.58. The van der Waals surface area contributed by atoms with Crippen LogP contribution in [0.5, 0.6) is 0 Å². The largest absolute Gasteiger partial charge is 0.394 e.